The number of benzene rings is 2. The molecule has 2 aromatic rings. The zero-order valence-electron chi connectivity index (χ0n) is 15.0. The summed E-state index contributed by atoms with van der Waals surface area (Å²) >= 11 is 0. The predicted molar refractivity (Wildman–Crippen MR) is 94.4 cm³/mol. The number of hydrogen-bond acceptors (Lipinski definition) is 4. The van der Waals surface area contributed by atoms with Gasteiger partial charge >= 0.3 is 12.1 Å². The monoisotopic (exact) mass is 417 g/mol. The van der Waals surface area contributed by atoms with E-state index in [0.29, 0.717) is 0 Å². The lowest BCUT2D eigenvalue weighted by Gasteiger charge is -2.20. The molecule has 10 heteroatoms. The first-order valence-electron chi connectivity index (χ1n) is 7.96. The average Bonchev–Trinajstić information content (AvgIpc) is 2.60. The minimum atomic E-state index is -4.54. The highest BCUT2D eigenvalue weighted by Crippen LogP contribution is 2.31. The summed E-state index contributed by atoms with van der Waals surface area (Å²) in [4.78, 5) is 10.6. The number of carbonyl (C=O) groups is 1. The van der Waals surface area contributed by atoms with E-state index in [0.717, 1.165) is 16.4 Å². The first-order valence-corrected chi connectivity index (χ1v) is 9.40. The number of aliphatic carboxylic acids is 1. The number of carboxylic acid groups (broad SMARTS) is 1. The number of halogens is 3. The first-order chi connectivity index (χ1) is 12.9. The molecular weight excluding hydrogens is 399 g/mol. The van der Waals surface area contributed by atoms with Crippen LogP contribution in [0.5, 0.6) is 5.75 Å². The Bertz CT molecular complexity index is 973. The topological polar surface area (TPSA) is 83.9 Å². The summed E-state index contributed by atoms with van der Waals surface area (Å²) in [5, 5.41) is 8.90. The minimum absolute atomic E-state index is 0.00466. The van der Waals surface area contributed by atoms with Crippen LogP contribution in [0.3, 0.4) is 0 Å². The lowest BCUT2D eigenvalue weighted by atomic mass is 10.1. The largest absolute Gasteiger partial charge is 0.495 e. The van der Waals surface area contributed by atoms with Gasteiger partial charge in [-0.15, -0.1) is 0 Å². The normalized spacial score (nSPS) is 12.2. The van der Waals surface area contributed by atoms with Crippen molar-refractivity contribution in [2.75, 3.05) is 14.2 Å². The van der Waals surface area contributed by atoms with Crippen molar-refractivity contribution in [2.45, 2.75) is 24.0 Å². The molecule has 0 unspecified atom stereocenters. The lowest BCUT2D eigenvalue weighted by Crippen LogP contribution is -2.27. The molecule has 0 radical (unpaired) electrons. The van der Waals surface area contributed by atoms with Crippen molar-refractivity contribution in [3.8, 4) is 5.75 Å². The molecule has 0 saturated carbocycles. The highest BCUT2D eigenvalue weighted by molar-refractivity contribution is 7.89. The molecule has 0 saturated heterocycles. The Hall–Kier alpha value is -2.59. The van der Waals surface area contributed by atoms with Gasteiger partial charge in [0.05, 0.1) is 19.1 Å². The molecule has 0 aromatic heterocycles. The number of sulfonamides is 1. The van der Waals surface area contributed by atoms with Gasteiger partial charge in [-0.2, -0.15) is 17.5 Å². The van der Waals surface area contributed by atoms with Gasteiger partial charge in [-0.25, -0.2) is 8.42 Å². The zero-order valence-corrected chi connectivity index (χ0v) is 15.8. The van der Waals surface area contributed by atoms with Crippen LogP contribution >= 0.6 is 0 Å². The van der Waals surface area contributed by atoms with Crippen LogP contribution in [0, 0.1) is 0 Å². The highest BCUT2D eigenvalue weighted by atomic mass is 32.2. The van der Waals surface area contributed by atoms with Gasteiger partial charge in [0.2, 0.25) is 10.0 Å². The van der Waals surface area contributed by atoms with E-state index in [1.54, 1.807) is 0 Å². The summed E-state index contributed by atoms with van der Waals surface area (Å²) in [6.45, 7) is -0.307. The molecule has 0 spiro atoms. The van der Waals surface area contributed by atoms with Crippen molar-refractivity contribution in [2.24, 2.45) is 0 Å². The van der Waals surface area contributed by atoms with Crippen LogP contribution in [-0.2, 0) is 34.0 Å². The fourth-order valence-corrected chi connectivity index (χ4v) is 3.92. The van der Waals surface area contributed by atoms with E-state index >= 15 is 0 Å². The second-order valence-electron chi connectivity index (χ2n) is 6.01. The van der Waals surface area contributed by atoms with Gasteiger partial charge in [-0.1, -0.05) is 24.3 Å². The van der Waals surface area contributed by atoms with Gasteiger partial charge in [0.1, 0.15) is 10.6 Å². The first kappa shape index (κ1) is 21.7. The molecule has 6 nitrogen and oxygen atoms in total. The standard InChI is InChI=1S/C18H18F3NO5S/c1-22(11-13-4-3-5-14(8-13)18(19,20)21)28(25,26)16-9-12(10-17(23)24)6-7-15(16)27-2/h3-9H,10-11H2,1-2H3,(H,23,24). The number of alkyl halides is 3. The van der Waals surface area contributed by atoms with E-state index in [4.69, 9.17) is 9.84 Å². The molecule has 152 valence electrons. The second-order valence-corrected chi connectivity index (χ2v) is 8.03. The van der Waals surface area contributed by atoms with Gasteiger partial charge in [-0.05, 0) is 29.3 Å². The van der Waals surface area contributed by atoms with Crippen LogP contribution in [0.2, 0.25) is 0 Å². The van der Waals surface area contributed by atoms with Gasteiger partial charge in [0.25, 0.3) is 0 Å². The smallest absolute Gasteiger partial charge is 0.416 e. The van der Waals surface area contributed by atoms with Gasteiger partial charge in [0, 0.05) is 13.6 Å². The lowest BCUT2D eigenvalue weighted by molar-refractivity contribution is -0.138. The molecule has 28 heavy (non-hydrogen) atoms. The van der Waals surface area contributed by atoms with Crippen molar-refractivity contribution < 1.29 is 36.2 Å². The number of carboxylic acids is 1. The minimum Gasteiger partial charge on any atom is -0.495 e. The van der Waals surface area contributed by atoms with E-state index in [9.17, 15) is 26.4 Å². The summed E-state index contributed by atoms with van der Waals surface area (Å²) < 4.78 is 70.3. The molecule has 0 amide bonds. The molecule has 0 atom stereocenters. The molecule has 0 aliphatic carbocycles. The maximum Gasteiger partial charge on any atom is 0.416 e. The van der Waals surface area contributed by atoms with Crippen LogP contribution in [-0.4, -0.2) is 38.0 Å². The molecule has 0 fully saturated rings. The summed E-state index contributed by atoms with van der Waals surface area (Å²) in [5.74, 6) is -1.13. The third-order valence-electron chi connectivity index (χ3n) is 3.93. The molecule has 0 aliphatic rings. The maximum atomic E-state index is 12.9. The van der Waals surface area contributed by atoms with Gasteiger partial charge in [0.15, 0.2) is 0 Å². The number of hydrogen-bond donors (Lipinski definition) is 1. The van der Waals surface area contributed by atoms with Crippen molar-refractivity contribution in [3.63, 3.8) is 0 Å². The summed E-state index contributed by atoms with van der Waals surface area (Å²) in [6.07, 6.45) is -4.92. The van der Waals surface area contributed by atoms with Gasteiger partial charge in [-0.3, -0.25) is 4.79 Å². The van der Waals surface area contributed by atoms with E-state index in [2.05, 4.69) is 0 Å². The number of ether oxygens (including phenoxy) is 1. The second kappa shape index (κ2) is 8.19. The Balaban J connectivity index is 2.37. The van der Waals surface area contributed by atoms with Gasteiger partial charge < -0.3 is 9.84 Å². The van der Waals surface area contributed by atoms with Crippen molar-refractivity contribution in [1.82, 2.24) is 4.31 Å². The van der Waals surface area contributed by atoms with E-state index in [-0.39, 0.29) is 34.7 Å². The predicted octanol–water partition coefficient (Wildman–Crippen LogP) is 3.16. The molecule has 0 aliphatic heterocycles. The third kappa shape index (κ3) is 5.02. The summed E-state index contributed by atoms with van der Waals surface area (Å²) in [5.41, 5.74) is -0.474. The Labute approximate surface area is 160 Å². The SMILES string of the molecule is COc1ccc(CC(=O)O)cc1S(=O)(=O)N(C)Cc1cccc(C(F)(F)F)c1. The number of nitrogens with zero attached hydrogens (tertiary/aromatic N) is 1. The summed E-state index contributed by atoms with van der Waals surface area (Å²) in [6, 6.07) is 8.32. The fraction of sp³-hybridized carbons (Fsp3) is 0.278. The molecular formula is C18H18F3NO5S. The Morgan fingerprint density at radius 1 is 1.14 bits per heavy atom. The highest BCUT2D eigenvalue weighted by Gasteiger charge is 2.31. The van der Waals surface area contributed by atoms with Crippen LogP contribution in [0.1, 0.15) is 16.7 Å². The average molecular weight is 417 g/mol. The van der Waals surface area contributed by atoms with Crippen molar-refractivity contribution in [3.05, 3.63) is 59.2 Å². The van der Waals surface area contributed by atoms with Crippen LogP contribution in [0.25, 0.3) is 0 Å². The molecule has 2 aromatic carbocycles. The maximum absolute atomic E-state index is 12.9. The number of methoxy groups -OCH3 is 1. The van der Waals surface area contributed by atoms with E-state index in [1.807, 2.05) is 0 Å². The molecule has 0 bridgehead atoms. The molecule has 1 N–H and O–H groups in total. The van der Waals surface area contributed by atoms with E-state index in [1.165, 1.54) is 44.5 Å². The third-order valence-corrected chi connectivity index (χ3v) is 5.76. The molecule has 0 heterocycles. The van der Waals surface area contributed by atoms with Crippen LogP contribution in [0.4, 0.5) is 13.2 Å². The summed E-state index contributed by atoms with van der Waals surface area (Å²) in [7, 11) is -1.67. The Kier molecular flexibility index (Phi) is 6.35. The van der Waals surface area contributed by atoms with Crippen molar-refractivity contribution >= 4 is 16.0 Å². The Morgan fingerprint density at radius 3 is 2.39 bits per heavy atom. The van der Waals surface area contributed by atoms with Crippen molar-refractivity contribution in [1.29, 1.82) is 0 Å². The van der Waals surface area contributed by atoms with Crippen LogP contribution < -0.4 is 4.74 Å². The quantitative estimate of drug-likeness (QED) is 0.748. The fourth-order valence-electron chi connectivity index (χ4n) is 2.56. The molecule has 2 rings (SSSR count). The zero-order chi connectivity index (χ0) is 21.1. The van der Waals surface area contributed by atoms with Crippen LogP contribution in [0.15, 0.2) is 47.4 Å². The van der Waals surface area contributed by atoms with E-state index < -0.39 is 27.7 Å². The Morgan fingerprint density at radius 2 is 1.82 bits per heavy atom. The number of rotatable bonds is 7.